The lowest BCUT2D eigenvalue weighted by Crippen LogP contribution is -2.28. The van der Waals surface area contributed by atoms with Gasteiger partial charge in [0.15, 0.2) is 0 Å². The summed E-state index contributed by atoms with van der Waals surface area (Å²) in [6.45, 7) is 2.53. The molecule has 28 heavy (non-hydrogen) atoms. The number of ether oxygens (including phenoxy) is 1. The van der Waals surface area contributed by atoms with E-state index in [0.717, 1.165) is 5.56 Å². The van der Waals surface area contributed by atoms with Gasteiger partial charge in [-0.2, -0.15) is 0 Å². The second-order valence-corrected chi connectivity index (χ2v) is 6.56. The molecule has 0 aromatic heterocycles. The Morgan fingerprint density at radius 1 is 1.18 bits per heavy atom. The highest BCUT2D eigenvalue weighted by Crippen LogP contribution is 2.23. The predicted octanol–water partition coefficient (Wildman–Crippen LogP) is 2.99. The number of para-hydroxylation sites is 1. The van der Waals surface area contributed by atoms with Crippen molar-refractivity contribution in [3.05, 3.63) is 65.5 Å². The SMILES string of the molecule is CCOC(=O)c1ccccc1NC(=O)C1CC(=O)N(Cc2ccc(F)cc2)C1. The Kier molecular flexibility index (Phi) is 6.03. The van der Waals surface area contributed by atoms with Gasteiger partial charge >= 0.3 is 5.97 Å². The lowest BCUT2D eigenvalue weighted by molar-refractivity contribution is -0.128. The third kappa shape index (κ3) is 4.54. The number of likely N-dealkylation sites (tertiary alicyclic amines) is 1. The van der Waals surface area contributed by atoms with Crippen molar-refractivity contribution in [1.82, 2.24) is 4.90 Å². The number of nitrogens with zero attached hydrogens (tertiary/aromatic N) is 1. The summed E-state index contributed by atoms with van der Waals surface area (Å²) >= 11 is 0. The van der Waals surface area contributed by atoms with Gasteiger partial charge in [-0.05, 0) is 36.8 Å². The number of rotatable bonds is 6. The number of halogens is 1. The molecule has 1 aliphatic heterocycles. The molecule has 0 saturated carbocycles. The average molecular weight is 384 g/mol. The Hall–Kier alpha value is -3.22. The highest BCUT2D eigenvalue weighted by atomic mass is 19.1. The highest BCUT2D eigenvalue weighted by molar-refractivity contribution is 6.03. The average Bonchev–Trinajstić information content (AvgIpc) is 3.05. The van der Waals surface area contributed by atoms with E-state index in [1.54, 1.807) is 48.2 Å². The zero-order valence-corrected chi connectivity index (χ0v) is 15.5. The summed E-state index contributed by atoms with van der Waals surface area (Å²) < 4.78 is 18.0. The Balaban J connectivity index is 1.65. The van der Waals surface area contributed by atoms with Crippen molar-refractivity contribution >= 4 is 23.5 Å². The van der Waals surface area contributed by atoms with Crippen molar-refractivity contribution in [2.45, 2.75) is 19.9 Å². The molecule has 0 spiro atoms. The molecule has 7 heteroatoms. The third-order valence-corrected chi connectivity index (χ3v) is 4.55. The van der Waals surface area contributed by atoms with Gasteiger partial charge in [0, 0.05) is 19.5 Å². The van der Waals surface area contributed by atoms with E-state index in [0.29, 0.717) is 12.2 Å². The Bertz CT molecular complexity index is 882. The fourth-order valence-electron chi connectivity index (χ4n) is 3.12. The van der Waals surface area contributed by atoms with Gasteiger partial charge in [-0.1, -0.05) is 24.3 Å². The molecule has 1 aliphatic rings. The number of carbonyl (C=O) groups excluding carboxylic acids is 3. The third-order valence-electron chi connectivity index (χ3n) is 4.55. The van der Waals surface area contributed by atoms with Gasteiger partial charge in [-0.15, -0.1) is 0 Å². The molecule has 1 unspecified atom stereocenters. The number of nitrogens with one attached hydrogen (secondary N) is 1. The van der Waals surface area contributed by atoms with Crippen LogP contribution in [0.2, 0.25) is 0 Å². The molecular formula is C21H21FN2O4. The predicted molar refractivity (Wildman–Crippen MR) is 101 cm³/mol. The van der Waals surface area contributed by atoms with Crippen LogP contribution in [-0.4, -0.2) is 35.8 Å². The molecule has 0 radical (unpaired) electrons. The fraction of sp³-hybridized carbons (Fsp3) is 0.286. The van der Waals surface area contributed by atoms with Crippen molar-refractivity contribution in [1.29, 1.82) is 0 Å². The molecule has 2 amide bonds. The van der Waals surface area contributed by atoms with Crippen LogP contribution in [0, 0.1) is 11.7 Å². The van der Waals surface area contributed by atoms with E-state index in [1.807, 2.05) is 0 Å². The summed E-state index contributed by atoms with van der Waals surface area (Å²) in [7, 11) is 0. The molecule has 146 valence electrons. The van der Waals surface area contributed by atoms with Crippen LogP contribution in [0.25, 0.3) is 0 Å². The maximum Gasteiger partial charge on any atom is 0.340 e. The molecule has 2 aromatic rings. The number of amides is 2. The Morgan fingerprint density at radius 3 is 2.61 bits per heavy atom. The monoisotopic (exact) mass is 384 g/mol. The van der Waals surface area contributed by atoms with Crippen LogP contribution in [0.5, 0.6) is 0 Å². The fourth-order valence-corrected chi connectivity index (χ4v) is 3.12. The van der Waals surface area contributed by atoms with Crippen LogP contribution in [0.1, 0.15) is 29.3 Å². The highest BCUT2D eigenvalue weighted by Gasteiger charge is 2.34. The van der Waals surface area contributed by atoms with Crippen LogP contribution in [-0.2, 0) is 20.9 Å². The largest absolute Gasteiger partial charge is 0.462 e. The first kappa shape index (κ1) is 19.5. The van der Waals surface area contributed by atoms with Gasteiger partial charge in [0.2, 0.25) is 11.8 Å². The van der Waals surface area contributed by atoms with E-state index in [9.17, 15) is 18.8 Å². The van der Waals surface area contributed by atoms with Gasteiger partial charge < -0.3 is 15.0 Å². The molecular weight excluding hydrogens is 363 g/mol. The van der Waals surface area contributed by atoms with E-state index in [1.165, 1.54) is 12.1 Å². The van der Waals surface area contributed by atoms with Gasteiger partial charge in [-0.3, -0.25) is 9.59 Å². The van der Waals surface area contributed by atoms with Crippen molar-refractivity contribution < 1.29 is 23.5 Å². The first-order valence-corrected chi connectivity index (χ1v) is 9.07. The summed E-state index contributed by atoms with van der Waals surface area (Å²) in [6, 6.07) is 12.5. The minimum Gasteiger partial charge on any atom is -0.462 e. The minimum atomic E-state index is -0.525. The number of hydrogen-bond donors (Lipinski definition) is 1. The molecule has 1 N–H and O–H groups in total. The number of carbonyl (C=O) groups is 3. The number of hydrogen-bond acceptors (Lipinski definition) is 4. The van der Waals surface area contributed by atoms with E-state index >= 15 is 0 Å². The smallest absolute Gasteiger partial charge is 0.340 e. The zero-order valence-electron chi connectivity index (χ0n) is 15.5. The molecule has 0 bridgehead atoms. The van der Waals surface area contributed by atoms with Gasteiger partial charge in [0.1, 0.15) is 5.82 Å². The molecule has 2 aromatic carbocycles. The van der Waals surface area contributed by atoms with E-state index in [4.69, 9.17) is 4.74 Å². The van der Waals surface area contributed by atoms with Crippen LogP contribution >= 0.6 is 0 Å². The number of anilines is 1. The number of esters is 1. The van der Waals surface area contributed by atoms with Crippen molar-refractivity contribution in [2.75, 3.05) is 18.5 Å². The molecule has 1 atom stereocenters. The van der Waals surface area contributed by atoms with E-state index in [2.05, 4.69) is 5.32 Å². The number of benzene rings is 2. The molecule has 1 saturated heterocycles. The van der Waals surface area contributed by atoms with Gasteiger partial charge in [0.25, 0.3) is 0 Å². The molecule has 6 nitrogen and oxygen atoms in total. The standard InChI is InChI=1S/C21H21FN2O4/c1-2-28-21(27)17-5-3-4-6-18(17)23-20(26)15-11-19(25)24(13-15)12-14-7-9-16(22)10-8-14/h3-10,15H,2,11-13H2,1H3,(H,23,26). The van der Waals surface area contributed by atoms with Crippen LogP contribution in [0.3, 0.4) is 0 Å². The summed E-state index contributed by atoms with van der Waals surface area (Å²) in [6.07, 6.45) is 0.0919. The second kappa shape index (κ2) is 8.65. The van der Waals surface area contributed by atoms with Crippen molar-refractivity contribution in [2.24, 2.45) is 5.92 Å². The second-order valence-electron chi connectivity index (χ2n) is 6.56. The molecule has 1 heterocycles. The lowest BCUT2D eigenvalue weighted by atomic mass is 10.1. The molecule has 0 aliphatic carbocycles. The quantitative estimate of drug-likeness (QED) is 0.777. The van der Waals surface area contributed by atoms with E-state index in [-0.39, 0.29) is 42.8 Å². The summed E-state index contributed by atoms with van der Waals surface area (Å²) in [5, 5.41) is 2.74. The molecule has 1 fully saturated rings. The normalized spacial score (nSPS) is 16.1. The first-order chi connectivity index (χ1) is 13.5. The van der Waals surface area contributed by atoms with Gasteiger partial charge in [-0.25, -0.2) is 9.18 Å². The minimum absolute atomic E-state index is 0.0919. The van der Waals surface area contributed by atoms with Gasteiger partial charge in [0.05, 0.1) is 23.8 Å². The first-order valence-electron chi connectivity index (χ1n) is 9.07. The summed E-state index contributed by atoms with van der Waals surface area (Å²) in [5.41, 5.74) is 1.42. The Labute approximate surface area is 162 Å². The van der Waals surface area contributed by atoms with Crippen LogP contribution in [0.4, 0.5) is 10.1 Å². The summed E-state index contributed by atoms with van der Waals surface area (Å²) in [4.78, 5) is 38.5. The molecule has 3 rings (SSSR count). The topological polar surface area (TPSA) is 75.7 Å². The lowest BCUT2D eigenvalue weighted by Gasteiger charge is -2.17. The van der Waals surface area contributed by atoms with Crippen LogP contribution in [0.15, 0.2) is 48.5 Å². The van der Waals surface area contributed by atoms with Crippen molar-refractivity contribution in [3.63, 3.8) is 0 Å². The Morgan fingerprint density at radius 2 is 1.89 bits per heavy atom. The van der Waals surface area contributed by atoms with Crippen LogP contribution < -0.4 is 5.32 Å². The zero-order chi connectivity index (χ0) is 20.1. The van der Waals surface area contributed by atoms with E-state index < -0.39 is 11.9 Å². The van der Waals surface area contributed by atoms with Crippen molar-refractivity contribution in [3.8, 4) is 0 Å². The summed E-state index contributed by atoms with van der Waals surface area (Å²) in [5.74, 6) is -1.84. The maximum atomic E-state index is 13.0. The maximum absolute atomic E-state index is 13.0.